The maximum absolute atomic E-state index is 10.7. The highest BCUT2D eigenvalue weighted by molar-refractivity contribution is 5.76. The van der Waals surface area contributed by atoms with E-state index in [2.05, 4.69) is 9.80 Å². The van der Waals surface area contributed by atoms with Gasteiger partial charge in [-0.3, -0.25) is 19.4 Å². The number of primary amides is 2. The number of amides is 2. The van der Waals surface area contributed by atoms with Crippen molar-refractivity contribution in [2.45, 2.75) is 31.3 Å². The van der Waals surface area contributed by atoms with Gasteiger partial charge in [-0.1, -0.05) is 6.42 Å². The molecule has 2 aliphatic heterocycles. The summed E-state index contributed by atoms with van der Waals surface area (Å²) in [6.07, 6.45) is 3.38. The van der Waals surface area contributed by atoms with Crippen molar-refractivity contribution < 1.29 is 9.59 Å². The van der Waals surface area contributed by atoms with E-state index in [1.807, 2.05) is 0 Å². The van der Waals surface area contributed by atoms with Crippen molar-refractivity contribution in [1.82, 2.24) is 9.80 Å². The molecule has 4 N–H and O–H groups in total. The Hall–Kier alpha value is -1.14. The fraction of sp³-hybridized carbons (Fsp3) is 0.818. The van der Waals surface area contributed by atoms with Crippen LogP contribution in [-0.4, -0.2) is 59.9 Å². The molecular weight excluding hydrogens is 220 g/mol. The molecule has 0 aliphatic carbocycles. The van der Waals surface area contributed by atoms with E-state index in [4.69, 9.17) is 11.5 Å². The number of hydrogen-bond acceptors (Lipinski definition) is 4. The Morgan fingerprint density at radius 1 is 0.941 bits per heavy atom. The van der Waals surface area contributed by atoms with E-state index in [0.717, 1.165) is 32.4 Å². The van der Waals surface area contributed by atoms with Crippen molar-refractivity contribution in [3.63, 3.8) is 0 Å². The zero-order valence-corrected chi connectivity index (χ0v) is 9.97. The summed E-state index contributed by atoms with van der Waals surface area (Å²) in [7, 11) is 0. The smallest absolute Gasteiger partial charge is 0.231 e. The van der Waals surface area contributed by atoms with Crippen molar-refractivity contribution >= 4 is 11.8 Å². The van der Waals surface area contributed by atoms with E-state index in [1.54, 1.807) is 0 Å². The minimum Gasteiger partial charge on any atom is -0.369 e. The molecule has 2 heterocycles. The highest BCUT2D eigenvalue weighted by Crippen LogP contribution is 2.26. The lowest BCUT2D eigenvalue weighted by molar-refractivity contribution is -0.118. The van der Waals surface area contributed by atoms with Crippen molar-refractivity contribution in [3.05, 3.63) is 0 Å². The summed E-state index contributed by atoms with van der Waals surface area (Å²) in [5.41, 5.74) is 10.2. The molecule has 0 saturated carbocycles. The van der Waals surface area contributed by atoms with Crippen LogP contribution in [0, 0.1) is 0 Å². The van der Waals surface area contributed by atoms with Crippen LogP contribution in [0.15, 0.2) is 0 Å². The van der Waals surface area contributed by atoms with Crippen molar-refractivity contribution in [2.24, 2.45) is 11.5 Å². The number of carbonyl (C=O) groups excluding carboxylic acids is 2. The van der Waals surface area contributed by atoms with Gasteiger partial charge in [0, 0.05) is 25.2 Å². The molecule has 0 aromatic heterocycles. The number of carbonyl (C=O) groups is 2. The van der Waals surface area contributed by atoms with Crippen LogP contribution in [0.2, 0.25) is 0 Å². The summed E-state index contributed by atoms with van der Waals surface area (Å²) < 4.78 is 0. The van der Waals surface area contributed by atoms with Gasteiger partial charge in [-0.15, -0.1) is 0 Å². The lowest BCUT2D eigenvalue weighted by atomic mass is 10.1. The standard InChI is InChI=1S/C11H20N4O2/c12-10(16)6-14-4-8(14)2-1-3-9-5-15(9)7-11(13)17/h8-9H,1-7H2,(H2,12,16)(H2,13,17). The van der Waals surface area contributed by atoms with E-state index in [1.165, 1.54) is 0 Å². The third-order valence-corrected chi connectivity index (χ3v) is 3.45. The molecule has 0 aromatic carbocycles. The second-order valence-corrected chi connectivity index (χ2v) is 5.03. The molecule has 96 valence electrons. The quantitative estimate of drug-likeness (QED) is 0.505. The summed E-state index contributed by atoms with van der Waals surface area (Å²) in [4.78, 5) is 25.5. The Morgan fingerprint density at radius 2 is 1.35 bits per heavy atom. The number of hydrogen-bond donors (Lipinski definition) is 2. The molecule has 0 bridgehead atoms. The molecular formula is C11H20N4O2. The third-order valence-electron chi connectivity index (χ3n) is 3.45. The van der Waals surface area contributed by atoms with Gasteiger partial charge in [0.05, 0.1) is 13.1 Å². The topological polar surface area (TPSA) is 92.2 Å². The Kier molecular flexibility index (Phi) is 3.63. The molecule has 2 amide bonds. The molecule has 4 atom stereocenters. The van der Waals surface area contributed by atoms with Crippen molar-refractivity contribution in [2.75, 3.05) is 26.2 Å². The first-order valence-corrected chi connectivity index (χ1v) is 6.11. The minimum atomic E-state index is -0.248. The average molecular weight is 240 g/mol. The van der Waals surface area contributed by atoms with Crippen LogP contribution >= 0.6 is 0 Å². The highest BCUT2D eigenvalue weighted by Gasteiger charge is 2.37. The van der Waals surface area contributed by atoms with E-state index < -0.39 is 0 Å². The molecule has 2 aliphatic rings. The first-order valence-electron chi connectivity index (χ1n) is 6.11. The summed E-state index contributed by atoms with van der Waals surface area (Å²) in [5.74, 6) is -0.496. The fourth-order valence-corrected chi connectivity index (χ4v) is 2.37. The first-order chi connectivity index (χ1) is 8.06. The monoisotopic (exact) mass is 240 g/mol. The normalized spacial score (nSPS) is 34.4. The molecule has 6 nitrogen and oxygen atoms in total. The van der Waals surface area contributed by atoms with Gasteiger partial charge in [0.15, 0.2) is 0 Å². The van der Waals surface area contributed by atoms with Gasteiger partial charge in [-0.2, -0.15) is 0 Å². The maximum Gasteiger partial charge on any atom is 0.231 e. The van der Waals surface area contributed by atoms with Gasteiger partial charge in [0.2, 0.25) is 11.8 Å². The van der Waals surface area contributed by atoms with E-state index in [-0.39, 0.29) is 11.8 Å². The number of rotatable bonds is 8. The van der Waals surface area contributed by atoms with Gasteiger partial charge >= 0.3 is 0 Å². The number of nitrogens with zero attached hydrogens (tertiary/aromatic N) is 2. The molecule has 4 unspecified atom stereocenters. The summed E-state index contributed by atoms with van der Waals surface area (Å²) in [6, 6.07) is 1.09. The maximum atomic E-state index is 10.7. The SMILES string of the molecule is NC(=O)CN1CC1CCCC1CN1CC(N)=O. The number of nitrogens with two attached hydrogens (primary N) is 2. The second-order valence-electron chi connectivity index (χ2n) is 5.03. The molecule has 17 heavy (non-hydrogen) atoms. The molecule has 2 rings (SSSR count). The summed E-state index contributed by atoms with van der Waals surface area (Å²) in [6.45, 7) is 2.78. The van der Waals surface area contributed by atoms with Crippen LogP contribution in [0.25, 0.3) is 0 Å². The van der Waals surface area contributed by atoms with Gasteiger partial charge in [-0.25, -0.2) is 0 Å². The van der Waals surface area contributed by atoms with Crippen LogP contribution in [-0.2, 0) is 9.59 Å². The molecule has 6 heteroatoms. The fourth-order valence-electron chi connectivity index (χ4n) is 2.37. The molecule has 0 radical (unpaired) electrons. The van der Waals surface area contributed by atoms with Crippen LogP contribution < -0.4 is 11.5 Å². The lowest BCUT2D eigenvalue weighted by Crippen LogP contribution is -2.23. The van der Waals surface area contributed by atoms with Gasteiger partial charge < -0.3 is 11.5 Å². The van der Waals surface area contributed by atoms with Gasteiger partial charge in [0.25, 0.3) is 0 Å². The van der Waals surface area contributed by atoms with Crippen LogP contribution in [0.5, 0.6) is 0 Å². The van der Waals surface area contributed by atoms with E-state index in [0.29, 0.717) is 25.2 Å². The van der Waals surface area contributed by atoms with Crippen molar-refractivity contribution in [1.29, 1.82) is 0 Å². The predicted molar refractivity (Wildman–Crippen MR) is 63.0 cm³/mol. The minimum absolute atomic E-state index is 0.248. The van der Waals surface area contributed by atoms with Crippen LogP contribution in [0.4, 0.5) is 0 Å². The van der Waals surface area contributed by atoms with E-state index >= 15 is 0 Å². The predicted octanol–water partition coefficient (Wildman–Crippen LogP) is -1.50. The van der Waals surface area contributed by atoms with E-state index in [9.17, 15) is 9.59 Å². The first kappa shape index (κ1) is 12.3. The summed E-state index contributed by atoms with van der Waals surface area (Å²) in [5, 5.41) is 0. The Labute approximate surface area is 101 Å². The lowest BCUT2D eigenvalue weighted by Gasteiger charge is -2.02. The molecule has 2 saturated heterocycles. The Morgan fingerprint density at radius 3 is 1.71 bits per heavy atom. The van der Waals surface area contributed by atoms with Crippen LogP contribution in [0.1, 0.15) is 19.3 Å². The highest BCUT2D eigenvalue weighted by atomic mass is 16.1. The molecule has 2 fully saturated rings. The third kappa shape index (κ3) is 3.98. The second kappa shape index (κ2) is 5.01. The molecule has 0 spiro atoms. The van der Waals surface area contributed by atoms with Crippen molar-refractivity contribution in [3.8, 4) is 0 Å². The zero-order chi connectivity index (χ0) is 12.4. The van der Waals surface area contributed by atoms with Crippen LogP contribution in [0.3, 0.4) is 0 Å². The summed E-state index contributed by atoms with van der Waals surface area (Å²) >= 11 is 0. The Balaban J connectivity index is 1.49. The average Bonchev–Trinajstić information content (AvgIpc) is 3.06. The Bertz CT molecular complexity index is 291. The van der Waals surface area contributed by atoms with Gasteiger partial charge in [-0.05, 0) is 12.8 Å². The zero-order valence-electron chi connectivity index (χ0n) is 9.97. The van der Waals surface area contributed by atoms with Gasteiger partial charge in [0.1, 0.15) is 0 Å². The largest absolute Gasteiger partial charge is 0.369 e. The molecule has 0 aromatic rings.